The summed E-state index contributed by atoms with van der Waals surface area (Å²) in [6, 6.07) is 6.68. The summed E-state index contributed by atoms with van der Waals surface area (Å²) in [5.74, 6) is -1.25. The van der Waals surface area contributed by atoms with Crippen LogP contribution in [0.4, 0.5) is 0 Å². The molecule has 6 heteroatoms. The maximum absolute atomic E-state index is 12.5. The van der Waals surface area contributed by atoms with E-state index in [-0.39, 0.29) is 12.3 Å². The Balaban J connectivity index is 2.08. The van der Waals surface area contributed by atoms with E-state index in [1.807, 2.05) is 24.3 Å². The van der Waals surface area contributed by atoms with Gasteiger partial charge < -0.3 is 15.2 Å². The average Bonchev–Trinajstić information content (AvgIpc) is 3.25. The Hall–Kier alpha value is -1.40. The lowest BCUT2D eigenvalue weighted by atomic mass is 9.94. The third-order valence-electron chi connectivity index (χ3n) is 3.80. The first kappa shape index (κ1) is 16.0. The minimum atomic E-state index is -1.04. The normalized spacial score (nSPS) is 17.0. The van der Waals surface area contributed by atoms with E-state index in [9.17, 15) is 9.59 Å². The Morgan fingerprint density at radius 2 is 2.00 bits per heavy atom. The molecular formula is C15H18BrNO4. The number of hydrogen-bond acceptors (Lipinski definition) is 3. The summed E-state index contributed by atoms with van der Waals surface area (Å²) in [7, 11) is 1.50. The number of ether oxygens (including phenoxy) is 1. The van der Waals surface area contributed by atoms with Gasteiger partial charge in [0.05, 0.1) is 5.41 Å². The van der Waals surface area contributed by atoms with Crippen LogP contribution in [0.25, 0.3) is 0 Å². The number of hydrogen-bond donors (Lipinski definition) is 2. The fourth-order valence-electron chi connectivity index (χ4n) is 2.33. The van der Waals surface area contributed by atoms with Crippen molar-refractivity contribution in [2.24, 2.45) is 0 Å². The van der Waals surface area contributed by atoms with Crippen molar-refractivity contribution in [1.29, 1.82) is 0 Å². The lowest BCUT2D eigenvalue weighted by Crippen LogP contribution is -2.46. The average molecular weight is 356 g/mol. The van der Waals surface area contributed by atoms with Gasteiger partial charge in [-0.25, -0.2) is 4.79 Å². The molecule has 1 aromatic carbocycles. The molecule has 0 aliphatic heterocycles. The van der Waals surface area contributed by atoms with Crippen LogP contribution in [0.2, 0.25) is 0 Å². The fourth-order valence-corrected chi connectivity index (χ4v) is 2.59. The van der Waals surface area contributed by atoms with E-state index in [1.54, 1.807) is 0 Å². The number of carbonyl (C=O) groups is 2. The van der Waals surface area contributed by atoms with Crippen LogP contribution < -0.4 is 5.32 Å². The van der Waals surface area contributed by atoms with Gasteiger partial charge >= 0.3 is 5.97 Å². The Morgan fingerprint density at radius 1 is 1.38 bits per heavy atom. The minimum Gasteiger partial charge on any atom is -0.480 e. The molecule has 0 radical (unpaired) electrons. The predicted octanol–water partition coefficient (Wildman–Crippen LogP) is 2.09. The van der Waals surface area contributed by atoms with Crippen LogP contribution in [0.3, 0.4) is 0 Å². The first-order valence-electron chi connectivity index (χ1n) is 6.78. The highest BCUT2D eigenvalue weighted by molar-refractivity contribution is 9.10. The van der Waals surface area contributed by atoms with E-state index in [0.29, 0.717) is 6.61 Å². The van der Waals surface area contributed by atoms with Gasteiger partial charge in [0, 0.05) is 24.6 Å². The van der Waals surface area contributed by atoms with Crippen LogP contribution >= 0.6 is 15.9 Å². The van der Waals surface area contributed by atoms with Crippen LogP contribution in [0.15, 0.2) is 28.7 Å². The van der Waals surface area contributed by atoms with Crippen molar-refractivity contribution in [3.63, 3.8) is 0 Å². The Morgan fingerprint density at radius 3 is 2.48 bits per heavy atom. The van der Waals surface area contributed by atoms with Gasteiger partial charge in [0.15, 0.2) is 0 Å². The van der Waals surface area contributed by atoms with Gasteiger partial charge in [-0.05, 0) is 30.5 Å². The van der Waals surface area contributed by atoms with Crippen molar-refractivity contribution in [2.45, 2.75) is 30.7 Å². The number of carboxylic acid groups (broad SMARTS) is 1. The molecule has 1 atom stereocenters. The summed E-state index contributed by atoms with van der Waals surface area (Å²) in [4.78, 5) is 23.7. The van der Waals surface area contributed by atoms with Gasteiger partial charge in [0.2, 0.25) is 5.91 Å². The van der Waals surface area contributed by atoms with Crippen molar-refractivity contribution in [1.82, 2.24) is 5.32 Å². The van der Waals surface area contributed by atoms with E-state index in [0.717, 1.165) is 22.9 Å². The molecule has 0 heterocycles. The second-order valence-corrected chi connectivity index (χ2v) is 6.15. The Bertz CT molecular complexity index is 525. The number of carbonyl (C=O) groups excluding carboxylic acids is 1. The Kier molecular flexibility index (Phi) is 5.00. The first-order chi connectivity index (χ1) is 9.99. The molecule has 1 aliphatic carbocycles. The molecular weight excluding hydrogens is 338 g/mol. The number of rotatable bonds is 7. The second kappa shape index (κ2) is 6.58. The lowest BCUT2D eigenvalue weighted by molar-refractivity contribution is -0.142. The molecule has 2 N–H and O–H groups in total. The zero-order chi connectivity index (χ0) is 15.5. The highest BCUT2D eigenvalue weighted by Gasteiger charge is 2.51. The van der Waals surface area contributed by atoms with E-state index < -0.39 is 17.4 Å². The van der Waals surface area contributed by atoms with Gasteiger partial charge in [-0.2, -0.15) is 0 Å². The van der Waals surface area contributed by atoms with Crippen LogP contribution in [-0.2, 0) is 19.7 Å². The fraction of sp³-hybridized carbons (Fsp3) is 0.467. The minimum absolute atomic E-state index is 0.215. The molecule has 21 heavy (non-hydrogen) atoms. The smallest absolute Gasteiger partial charge is 0.326 e. The quantitative estimate of drug-likeness (QED) is 0.785. The van der Waals surface area contributed by atoms with Crippen LogP contribution in [0.5, 0.6) is 0 Å². The molecule has 2 rings (SSSR count). The van der Waals surface area contributed by atoms with Crippen LogP contribution in [0, 0.1) is 0 Å². The van der Waals surface area contributed by atoms with Crippen molar-refractivity contribution in [3.8, 4) is 0 Å². The summed E-state index contributed by atoms with van der Waals surface area (Å²) in [5, 5.41) is 11.8. The van der Waals surface area contributed by atoms with Crippen molar-refractivity contribution in [2.75, 3.05) is 13.7 Å². The SMILES string of the molecule is COCCC(NC(=O)C1(c2ccc(Br)cc2)CC1)C(=O)O. The summed E-state index contributed by atoms with van der Waals surface area (Å²) < 4.78 is 5.83. The van der Waals surface area contributed by atoms with Crippen molar-refractivity contribution < 1.29 is 19.4 Å². The summed E-state index contributed by atoms with van der Waals surface area (Å²) in [5.41, 5.74) is 0.362. The highest BCUT2D eigenvalue weighted by atomic mass is 79.9. The van der Waals surface area contributed by atoms with Gasteiger partial charge in [0.1, 0.15) is 6.04 Å². The van der Waals surface area contributed by atoms with Crippen LogP contribution in [-0.4, -0.2) is 36.7 Å². The molecule has 0 bridgehead atoms. The summed E-state index contributed by atoms with van der Waals surface area (Å²) >= 11 is 3.37. The Labute approximate surface area is 131 Å². The number of amides is 1. The molecule has 1 fully saturated rings. The molecule has 114 valence electrons. The highest BCUT2D eigenvalue weighted by Crippen LogP contribution is 2.48. The molecule has 0 saturated heterocycles. The lowest BCUT2D eigenvalue weighted by Gasteiger charge is -2.20. The van der Waals surface area contributed by atoms with Gasteiger partial charge in [-0.1, -0.05) is 28.1 Å². The molecule has 1 aromatic rings. The number of halogens is 1. The van der Waals surface area contributed by atoms with E-state index >= 15 is 0 Å². The third kappa shape index (κ3) is 3.63. The number of carboxylic acids is 1. The van der Waals surface area contributed by atoms with Crippen molar-refractivity contribution in [3.05, 3.63) is 34.3 Å². The second-order valence-electron chi connectivity index (χ2n) is 5.23. The summed E-state index contributed by atoms with van der Waals surface area (Å²) in [6.45, 7) is 0.294. The zero-order valence-corrected chi connectivity index (χ0v) is 13.4. The zero-order valence-electron chi connectivity index (χ0n) is 11.8. The number of benzene rings is 1. The molecule has 1 unspecified atom stereocenters. The molecule has 1 amide bonds. The topological polar surface area (TPSA) is 75.6 Å². The molecule has 0 aromatic heterocycles. The number of methoxy groups -OCH3 is 1. The largest absolute Gasteiger partial charge is 0.480 e. The maximum Gasteiger partial charge on any atom is 0.326 e. The summed E-state index contributed by atoms with van der Waals surface area (Å²) in [6.07, 6.45) is 1.75. The molecule has 1 aliphatic rings. The van der Waals surface area contributed by atoms with Gasteiger partial charge in [0.25, 0.3) is 0 Å². The molecule has 1 saturated carbocycles. The number of aliphatic carboxylic acids is 1. The van der Waals surface area contributed by atoms with E-state index in [2.05, 4.69) is 21.2 Å². The van der Waals surface area contributed by atoms with Gasteiger partial charge in [-0.3, -0.25) is 4.79 Å². The third-order valence-corrected chi connectivity index (χ3v) is 4.32. The monoisotopic (exact) mass is 355 g/mol. The predicted molar refractivity (Wildman–Crippen MR) is 81.1 cm³/mol. The van der Waals surface area contributed by atoms with E-state index in [4.69, 9.17) is 9.84 Å². The maximum atomic E-state index is 12.5. The van der Waals surface area contributed by atoms with E-state index in [1.165, 1.54) is 7.11 Å². The van der Waals surface area contributed by atoms with Crippen molar-refractivity contribution >= 4 is 27.8 Å². The first-order valence-corrected chi connectivity index (χ1v) is 7.57. The molecule has 5 nitrogen and oxygen atoms in total. The number of nitrogens with one attached hydrogen (secondary N) is 1. The molecule has 0 spiro atoms. The standard InChI is InChI=1S/C15H18BrNO4/c1-21-9-6-12(13(18)19)17-14(20)15(7-8-15)10-2-4-11(16)5-3-10/h2-5,12H,6-9H2,1H3,(H,17,20)(H,18,19). The van der Waals surface area contributed by atoms with Crippen LogP contribution in [0.1, 0.15) is 24.8 Å². The van der Waals surface area contributed by atoms with Gasteiger partial charge in [-0.15, -0.1) is 0 Å².